The molecular formula is C16H26N2O4. The molecule has 0 aliphatic rings. The van der Waals surface area contributed by atoms with Crippen LogP contribution in [0.3, 0.4) is 0 Å². The van der Waals surface area contributed by atoms with Crippen molar-refractivity contribution in [2.75, 3.05) is 13.7 Å². The van der Waals surface area contributed by atoms with Gasteiger partial charge in [-0.1, -0.05) is 27.7 Å². The SMILES string of the molecule is COC(=O)[C@H](CC(C)C)n1cc(CCO)c(C(C)C)nc1=O. The Morgan fingerprint density at radius 1 is 1.36 bits per heavy atom. The van der Waals surface area contributed by atoms with Crippen molar-refractivity contribution in [1.82, 2.24) is 9.55 Å². The minimum absolute atomic E-state index is 0.0350. The smallest absolute Gasteiger partial charge is 0.348 e. The zero-order valence-corrected chi connectivity index (χ0v) is 14.0. The van der Waals surface area contributed by atoms with Crippen LogP contribution in [0.15, 0.2) is 11.0 Å². The van der Waals surface area contributed by atoms with Crippen molar-refractivity contribution in [3.8, 4) is 0 Å². The summed E-state index contributed by atoms with van der Waals surface area (Å²) in [5, 5.41) is 9.22. The number of hydrogen-bond acceptors (Lipinski definition) is 5. The van der Waals surface area contributed by atoms with Crippen molar-refractivity contribution >= 4 is 5.97 Å². The van der Waals surface area contributed by atoms with Gasteiger partial charge in [-0.15, -0.1) is 0 Å². The molecule has 124 valence electrons. The van der Waals surface area contributed by atoms with E-state index in [-0.39, 0.29) is 18.4 Å². The van der Waals surface area contributed by atoms with Crippen LogP contribution in [-0.4, -0.2) is 34.3 Å². The summed E-state index contributed by atoms with van der Waals surface area (Å²) in [5.41, 5.74) is 1.000. The summed E-state index contributed by atoms with van der Waals surface area (Å²) in [6, 6.07) is -0.691. The Morgan fingerprint density at radius 2 is 2.00 bits per heavy atom. The maximum absolute atomic E-state index is 12.3. The van der Waals surface area contributed by atoms with E-state index in [1.54, 1.807) is 6.20 Å². The van der Waals surface area contributed by atoms with Crippen molar-refractivity contribution in [3.63, 3.8) is 0 Å². The highest BCUT2D eigenvalue weighted by Crippen LogP contribution is 2.21. The van der Waals surface area contributed by atoms with Crippen LogP contribution in [-0.2, 0) is 16.0 Å². The molecule has 6 nitrogen and oxygen atoms in total. The molecule has 0 aromatic carbocycles. The number of methoxy groups -OCH3 is 1. The highest BCUT2D eigenvalue weighted by Gasteiger charge is 2.25. The van der Waals surface area contributed by atoms with Crippen LogP contribution >= 0.6 is 0 Å². The number of aromatic nitrogens is 2. The zero-order valence-electron chi connectivity index (χ0n) is 14.0. The third-order valence-corrected chi connectivity index (χ3v) is 3.49. The molecular weight excluding hydrogens is 284 g/mol. The molecule has 0 unspecified atom stereocenters. The molecule has 0 saturated heterocycles. The van der Waals surface area contributed by atoms with Gasteiger partial charge in [0.1, 0.15) is 6.04 Å². The van der Waals surface area contributed by atoms with Crippen molar-refractivity contribution in [2.45, 2.75) is 52.5 Å². The normalized spacial score (nSPS) is 12.7. The number of hydrogen-bond donors (Lipinski definition) is 1. The van der Waals surface area contributed by atoms with Gasteiger partial charge >= 0.3 is 11.7 Å². The Kier molecular flexibility index (Phi) is 6.74. The van der Waals surface area contributed by atoms with Crippen molar-refractivity contribution in [2.24, 2.45) is 5.92 Å². The zero-order chi connectivity index (χ0) is 16.9. The minimum atomic E-state index is -0.691. The second-order valence-electron chi connectivity index (χ2n) is 6.14. The number of ether oxygens (including phenoxy) is 1. The monoisotopic (exact) mass is 310 g/mol. The van der Waals surface area contributed by atoms with E-state index in [9.17, 15) is 14.7 Å². The number of nitrogens with zero attached hydrogens (tertiary/aromatic N) is 2. The summed E-state index contributed by atoms with van der Waals surface area (Å²) in [6.07, 6.45) is 2.54. The molecule has 6 heteroatoms. The van der Waals surface area contributed by atoms with Gasteiger partial charge in [0, 0.05) is 12.8 Å². The maximum Gasteiger partial charge on any atom is 0.348 e. The van der Waals surface area contributed by atoms with Gasteiger partial charge in [0.15, 0.2) is 0 Å². The molecule has 0 spiro atoms. The Balaban J connectivity index is 3.39. The first-order chi connectivity index (χ1) is 10.3. The molecule has 22 heavy (non-hydrogen) atoms. The van der Waals surface area contributed by atoms with Gasteiger partial charge in [0.2, 0.25) is 0 Å². The molecule has 1 heterocycles. The lowest BCUT2D eigenvalue weighted by Crippen LogP contribution is -2.34. The summed E-state index contributed by atoms with van der Waals surface area (Å²) >= 11 is 0. The van der Waals surface area contributed by atoms with E-state index >= 15 is 0 Å². The molecule has 1 aromatic heterocycles. The first-order valence-electron chi connectivity index (χ1n) is 7.62. The van der Waals surface area contributed by atoms with Crippen LogP contribution in [0.4, 0.5) is 0 Å². The largest absolute Gasteiger partial charge is 0.467 e. The average Bonchev–Trinajstić information content (AvgIpc) is 2.45. The lowest BCUT2D eigenvalue weighted by Gasteiger charge is -2.21. The van der Waals surface area contributed by atoms with Gasteiger partial charge in [0.25, 0.3) is 0 Å². The molecule has 0 aliphatic heterocycles. The van der Waals surface area contributed by atoms with Crippen molar-refractivity contribution in [1.29, 1.82) is 0 Å². The summed E-state index contributed by atoms with van der Waals surface area (Å²) in [4.78, 5) is 28.5. The Labute approximate surface area is 131 Å². The third kappa shape index (κ3) is 4.40. The highest BCUT2D eigenvalue weighted by atomic mass is 16.5. The lowest BCUT2D eigenvalue weighted by molar-refractivity contribution is -0.145. The second-order valence-corrected chi connectivity index (χ2v) is 6.14. The highest BCUT2D eigenvalue weighted by molar-refractivity contribution is 5.74. The van der Waals surface area contributed by atoms with E-state index in [2.05, 4.69) is 4.98 Å². The molecule has 1 atom stereocenters. The number of rotatable bonds is 7. The van der Waals surface area contributed by atoms with Gasteiger partial charge < -0.3 is 9.84 Å². The molecule has 1 N–H and O–H groups in total. The Hall–Kier alpha value is -1.69. The molecule has 0 fully saturated rings. The Morgan fingerprint density at radius 3 is 2.45 bits per heavy atom. The number of esters is 1. The fourth-order valence-electron chi connectivity index (χ4n) is 2.46. The summed E-state index contributed by atoms with van der Waals surface area (Å²) in [5.74, 6) is -0.155. The van der Waals surface area contributed by atoms with Gasteiger partial charge in [0.05, 0.1) is 12.8 Å². The predicted octanol–water partition coefficient (Wildman–Crippen LogP) is 1.66. The number of aliphatic hydroxyl groups excluding tert-OH is 1. The standard InChI is InChI=1S/C16H26N2O4/c1-10(2)8-13(15(20)22-5)18-9-12(6-7-19)14(11(3)4)17-16(18)21/h9-11,13,19H,6-8H2,1-5H3/t13-/m0/s1. The summed E-state index contributed by atoms with van der Waals surface area (Å²) < 4.78 is 6.16. The summed E-state index contributed by atoms with van der Waals surface area (Å²) in [7, 11) is 1.31. The van der Waals surface area contributed by atoms with E-state index in [0.29, 0.717) is 18.5 Å². The maximum atomic E-state index is 12.3. The first-order valence-corrected chi connectivity index (χ1v) is 7.62. The average molecular weight is 310 g/mol. The number of carbonyl (C=O) groups is 1. The topological polar surface area (TPSA) is 81.4 Å². The van der Waals surface area contributed by atoms with E-state index < -0.39 is 17.7 Å². The van der Waals surface area contributed by atoms with Crippen LogP contribution in [0.25, 0.3) is 0 Å². The van der Waals surface area contributed by atoms with E-state index in [4.69, 9.17) is 4.74 Å². The minimum Gasteiger partial charge on any atom is -0.467 e. The van der Waals surface area contributed by atoms with Gasteiger partial charge in [-0.05, 0) is 30.2 Å². The van der Waals surface area contributed by atoms with E-state index in [1.807, 2.05) is 27.7 Å². The predicted molar refractivity (Wildman–Crippen MR) is 83.9 cm³/mol. The van der Waals surface area contributed by atoms with Crippen LogP contribution in [0.2, 0.25) is 0 Å². The van der Waals surface area contributed by atoms with Gasteiger partial charge in [-0.2, -0.15) is 4.98 Å². The molecule has 0 radical (unpaired) electrons. The molecule has 0 bridgehead atoms. The number of carbonyl (C=O) groups excluding carboxylic acids is 1. The molecule has 1 aromatic rings. The first kappa shape index (κ1) is 18.4. The lowest BCUT2D eigenvalue weighted by atomic mass is 10.0. The molecule has 0 saturated carbocycles. The molecule has 0 aliphatic carbocycles. The van der Waals surface area contributed by atoms with Crippen LogP contribution in [0.5, 0.6) is 0 Å². The van der Waals surface area contributed by atoms with E-state index in [1.165, 1.54) is 11.7 Å². The van der Waals surface area contributed by atoms with Gasteiger partial charge in [-0.3, -0.25) is 4.57 Å². The Bertz CT molecular complexity index is 564. The van der Waals surface area contributed by atoms with Crippen LogP contribution in [0.1, 0.15) is 57.3 Å². The fourth-order valence-corrected chi connectivity index (χ4v) is 2.46. The third-order valence-electron chi connectivity index (χ3n) is 3.49. The van der Waals surface area contributed by atoms with E-state index in [0.717, 1.165) is 5.56 Å². The van der Waals surface area contributed by atoms with Crippen LogP contribution < -0.4 is 5.69 Å². The number of aliphatic hydroxyl groups is 1. The quantitative estimate of drug-likeness (QED) is 0.775. The van der Waals surface area contributed by atoms with Crippen molar-refractivity contribution < 1.29 is 14.6 Å². The van der Waals surface area contributed by atoms with Gasteiger partial charge in [-0.25, -0.2) is 9.59 Å². The van der Waals surface area contributed by atoms with Crippen molar-refractivity contribution in [3.05, 3.63) is 27.9 Å². The fraction of sp³-hybridized carbons (Fsp3) is 0.688. The molecule has 1 rings (SSSR count). The summed E-state index contributed by atoms with van der Waals surface area (Å²) in [6.45, 7) is 7.81. The molecule has 0 amide bonds. The second kappa shape index (κ2) is 8.08. The van der Waals surface area contributed by atoms with Crippen LogP contribution in [0, 0.1) is 5.92 Å².